The SMILES string of the molecule is c1ccc(-c2nc(-c3ccccc3)nc(-c3ccc4c(c3)oc3cccc(-c5ccc(-c6ccc7c(c6)sc6ccccc67)c6sc7ccccc7c56)c34)n2)cc1. The van der Waals surface area contributed by atoms with E-state index in [0.717, 1.165) is 44.2 Å². The standard InChI is InChI=1S/C51H29N3OS2/c1-3-12-30(13-4-1)49-52-50(31-14-5-2-6-15-31)54-51(53-49)33-23-25-39-42(28-33)55-41-19-11-18-37(46(39)41)38-27-26-34(48-47(38)40-17-8-10-21-44(40)57-48)32-22-24-36-35-16-7-9-20-43(35)56-45(36)29-32/h1-29H. The molecule has 0 unspecified atom stereocenters. The van der Waals surface area contributed by atoms with Gasteiger partial charge in [-0.25, -0.2) is 15.0 Å². The number of hydrogen-bond acceptors (Lipinski definition) is 6. The van der Waals surface area contributed by atoms with E-state index in [2.05, 4.69) is 115 Å². The first-order valence-electron chi connectivity index (χ1n) is 18.9. The van der Waals surface area contributed by atoms with Crippen LogP contribution in [0.5, 0.6) is 0 Å². The molecular formula is C51H29N3OS2. The fraction of sp³-hybridized carbons (Fsp3) is 0. The van der Waals surface area contributed by atoms with E-state index in [4.69, 9.17) is 19.4 Å². The molecule has 0 saturated carbocycles. The Morgan fingerprint density at radius 2 is 0.912 bits per heavy atom. The molecular weight excluding hydrogens is 735 g/mol. The number of furan rings is 1. The van der Waals surface area contributed by atoms with Gasteiger partial charge in [0.1, 0.15) is 11.2 Å². The minimum Gasteiger partial charge on any atom is -0.456 e. The summed E-state index contributed by atoms with van der Waals surface area (Å²) in [6.07, 6.45) is 0. The van der Waals surface area contributed by atoms with E-state index in [1.54, 1.807) is 0 Å². The van der Waals surface area contributed by atoms with Crippen LogP contribution in [0.1, 0.15) is 0 Å². The summed E-state index contributed by atoms with van der Waals surface area (Å²) in [5.41, 5.74) is 9.21. The molecule has 0 aliphatic heterocycles. The number of thiophene rings is 2. The molecule has 6 heteroatoms. The first-order chi connectivity index (χ1) is 28.2. The normalized spacial score (nSPS) is 11.9. The van der Waals surface area contributed by atoms with Gasteiger partial charge in [0.05, 0.1) is 0 Å². The van der Waals surface area contributed by atoms with Crippen molar-refractivity contribution < 1.29 is 4.42 Å². The van der Waals surface area contributed by atoms with Crippen LogP contribution in [0.3, 0.4) is 0 Å². The molecule has 0 aliphatic rings. The van der Waals surface area contributed by atoms with Crippen LogP contribution >= 0.6 is 22.7 Å². The van der Waals surface area contributed by atoms with Gasteiger partial charge in [-0.1, -0.05) is 140 Å². The van der Waals surface area contributed by atoms with Crippen molar-refractivity contribution >= 4 is 85.0 Å². The Balaban J connectivity index is 1.03. The van der Waals surface area contributed by atoms with Crippen molar-refractivity contribution in [3.8, 4) is 56.4 Å². The Labute approximate surface area is 335 Å². The lowest BCUT2D eigenvalue weighted by atomic mass is 9.92. The zero-order valence-electron chi connectivity index (χ0n) is 30.3. The molecule has 4 heterocycles. The van der Waals surface area contributed by atoms with E-state index < -0.39 is 0 Å². The summed E-state index contributed by atoms with van der Waals surface area (Å²) in [4.78, 5) is 14.8. The number of nitrogens with zero attached hydrogens (tertiary/aromatic N) is 3. The molecule has 0 spiro atoms. The molecule has 0 fully saturated rings. The summed E-state index contributed by atoms with van der Waals surface area (Å²) in [6, 6.07) is 62.0. The molecule has 0 atom stereocenters. The third-order valence-corrected chi connectivity index (χ3v) is 13.3. The highest BCUT2D eigenvalue weighted by atomic mass is 32.1. The monoisotopic (exact) mass is 763 g/mol. The number of rotatable bonds is 5. The van der Waals surface area contributed by atoms with Gasteiger partial charge < -0.3 is 4.42 Å². The van der Waals surface area contributed by atoms with Crippen molar-refractivity contribution in [3.05, 3.63) is 176 Å². The van der Waals surface area contributed by atoms with Gasteiger partial charge in [-0.3, -0.25) is 0 Å². The first kappa shape index (κ1) is 32.3. The summed E-state index contributed by atoms with van der Waals surface area (Å²) in [5, 5.41) is 7.32. The van der Waals surface area contributed by atoms with Crippen LogP contribution < -0.4 is 0 Å². The minimum atomic E-state index is 0.598. The van der Waals surface area contributed by atoms with Crippen molar-refractivity contribution in [2.24, 2.45) is 0 Å². The van der Waals surface area contributed by atoms with Crippen molar-refractivity contribution in [1.82, 2.24) is 15.0 Å². The van der Waals surface area contributed by atoms with E-state index in [9.17, 15) is 0 Å². The second-order valence-corrected chi connectivity index (χ2v) is 16.4. The van der Waals surface area contributed by atoms with E-state index in [1.165, 1.54) is 57.0 Å². The van der Waals surface area contributed by atoms with Gasteiger partial charge in [0.15, 0.2) is 17.5 Å². The molecule has 8 aromatic carbocycles. The lowest BCUT2D eigenvalue weighted by molar-refractivity contribution is 0.669. The van der Waals surface area contributed by atoms with E-state index >= 15 is 0 Å². The summed E-state index contributed by atoms with van der Waals surface area (Å²) >= 11 is 3.74. The van der Waals surface area contributed by atoms with Gasteiger partial charge in [-0.05, 0) is 58.7 Å². The fourth-order valence-electron chi connectivity index (χ4n) is 8.30. The number of hydrogen-bond donors (Lipinski definition) is 0. The van der Waals surface area contributed by atoms with Crippen LogP contribution in [0.2, 0.25) is 0 Å². The third-order valence-electron chi connectivity index (χ3n) is 11.0. The topological polar surface area (TPSA) is 51.8 Å². The summed E-state index contributed by atoms with van der Waals surface area (Å²) in [5.74, 6) is 1.86. The van der Waals surface area contributed by atoms with Gasteiger partial charge in [-0.2, -0.15) is 0 Å². The maximum Gasteiger partial charge on any atom is 0.164 e. The maximum absolute atomic E-state index is 6.68. The predicted octanol–water partition coefficient (Wildman–Crippen LogP) is 14.8. The lowest BCUT2D eigenvalue weighted by Gasteiger charge is -2.11. The van der Waals surface area contributed by atoms with Crippen LogP contribution in [0.15, 0.2) is 180 Å². The van der Waals surface area contributed by atoms with Gasteiger partial charge in [-0.15, -0.1) is 22.7 Å². The molecule has 0 bridgehead atoms. The Bertz CT molecular complexity index is 3470. The highest BCUT2D eigenvalue weighted by Gasteiger charge is 2.21. The first-order valence-corrected chi connectivity index (χ1v) is 20.6. The van der Waals surface area contributed by atoms with Gasteiger partial charge in [0, 0.05) is 67.8 Å². The van der Waals surface area contributed by atoms with Crippen LogP contribution in [0.25, 0.3) is 119 Å². The average Bonchev–Trinajstić information content (AvgIpc) is 3.97. The molecule has 266 valence electrons. The molecule has 4 aromatic heterocycles. The van der Waals surface area contributed by atoms with Crippen molar-refractivity contribution in [2.75, 3.05) is 0 Å². The van der Waals surface area contributed by atoms with Crippen molar-refractivity contribution in [3.63, 3.8) is 0 Å². The Morgan fingerprint density at radius 3 is 1.67 bits per heavy atom. The summed E-state index contributed by atoms with van der Waals surface area (Å²) < 4.78 is 11.9. The molecule has 4 nitrogen and oxygen atoms in total. The van der Waals surface area contributed by atoms with E-state index in [-0.39, 0.29) is 0 Å². The van der Waals surface area contributed by atoms with Crippen LogP contribution in [0, 0.1) is 0 Å². The molecule has 0 aliphatic carbocycles. The van der Waals surface area contributed by atoms with Gasteiger partial charge in [0.25, 0.3) is 0 Å². The minimum absolute atomic E-state index is 0.598. The van der Waals surface area contributed by atoms with E-state index in [0.29, 0.717) is 17.5 Å². The van der Waals surface area contributed by atoms with Crippen LogP contribution in [-0.2, 0) is 0 Å². The smallest absolute Gasteiger partial charge is 0.164 e. The molecule has 57 heavy (non-hydrogen) atoms. The maximum atomic E-state index is 6.68. The fourth-order valence-corrected chi connectivity index (χ4v) is 10.7. The molecule has 12 aromatic rings. The molecule has 0 radical (unpaired) electrons. The number of aromatic nitrogens is 3. The molecule has 0 N–H and O–H groups in total. The van der Waals surface area contributed by atoms with E-state index in [1.807, 2.05) is 83.3 Å². The van der Waals surface area contributed by atoms with Crippen LogP contribution in [-0.4, -0.2) is 15.0 Å². The number of benzene rings is 8. The Hall–Kier alpha value is -6.99. The summed E-state index contributed by atoms with van der Waals surface area (Å²) in [7, 11) is 0. The van der Waals surface area contributed by atoms with Gasteiger partial charge >= 0.3 is 0 Å². The third kappa shape index (κ3) is 5.22. The highest BCUT2D eigenvalue weighted by Crippen LogP contribution is 2.48. The molecule has 0 saturated heterocycles. The molecule has 0 amide bonds. The van der Waals surface area contributed by atoms with Gasteiger partial charge in [0.2, 0.25) is 0 Å². The Kier molecular flexibility index (Phi) is 7.24. The lowest BCUT2D eigenvalue weighted by Crippen LogP contribution is -2.00. The second-order valence-electron chi connectivity index (χ2n) is 14.3. The Morgan fingerprint density at radius 1 is 0.333 bits per heavy atom. The largest absolute Gasteiger partial charge is 0.456 e. The predicted molar refractivity (Wildman–Crippen MR) is 240 cm³/mol. The highest BCUT2D eigenvalue weighted by molar-refractivity contribution is 7.26. The second kappa shape index (κ2) is 12.8. The number of fused-ring (bicyclic) bond motifs is 9. The zero-order chi connectivity index (χ0) is 37.5. The average molecular weight is 764 g/mol. The quantitative estimate of drug-likeness (QED) is 0.175. The van der Waals surface area contributed by atoms with Crippen molar-refractivity contribution in [1.29, 1.82) is 0 Å². The summed E-state index contributed by atoms with van der Waals surface area (Å²) in [6.45, 7) is 0. The molecule has 12 rings (SSSR count). The van der Waals surface area contributed by atoms with Crippen molar-refractivity contribution in [2.45, 2.75) is 0 Å². The van der Waals surface area contributed by atoms with Crippen LogP contribution in [0.4, 0.5) is 0 Å². The zero-order valence-corrected chi connectivity index (χ0v) is 31.9.